The summed E-state index contributed by atoms with van der Waals surface area (Å²) in [6, 6.07) is 7.89. The topological polar surface area (TPSA) is 74.3 Å². The quantitative estimate of drug-likeness (QED) is 0.735. The van der Waals surface area contributed by atoms with Crippen LogP contribution in [0.25, 0.3) is 0 Å². The number of ether oxygens (including phenoxy) is 2. The number of carbonyl (C=O) groups excluding carboxylic acids is 2. The molecule has 3 fully saturated rings. The molecule has 1 aromatic carbocycles. The van der Waals surface area contributed by atoms with Gasteiger partial charge in [-0.15, -0.1) is 0 Å². The van der Waals surface area contributed by atoms with E-state index >= 15 is 0 Å². The van der Waals surface area contributed by atoms with Crippen LogP contribution >= 0.6 is 12.2 Å². The summed E-state index contributed by atoms with van der Waals surface area (Å²) < 4.78 is 10.3. The highest BCUT2D eigenvalue weighted by Crippen LogP contribution is 2.30. The molecule has 156 valence electrons. The van der Waals surface area contributed by atoms with Gasteiger partial charge in [0.25, 0.3) is 0 Å². The van der Waals surface area contributed by atoms with Crippen molar-refractivity contribution in [2.75, 3.05) is 56.2 Å². The van der Waals surface area contributed by atoms with Crippen LogP contribution in [0, 0.1) is 5.92 Å². The van der Waals surface area contributed by atoms with E-state index < -0.39 is 0 Å². The Labute approximate surface area is 175 Å². The van der Waals surface area contributed by atoms with Gasteiger partial charge < -0.3 is 24.6 Å². The third-order valence-electron chi connectivity index (χ3n) is 5.57. The van der Waals surface area contributed by atoms with Crippen molar-refractivity contribution in [1.29, 1.82) is 0 Å². The number of nitrogens with zero attached hydrogens (tertiary/aromatic N) is 3. The van der Waals surface area contributed by atoms with Gasteiger partial charge in [-0.3, -0.25) is 4.90 Å². The van der Waals surface area contributed by atoms with Gasteiger partial charge in [-0.05, 0) is 37.1 Å². The second-order valence-electron chi connectivity index (χ2n) is 7.60. The predicted octanol–water partition coefficient (Wildman–Crippen LogP) is 2.23. The number of nitrogens with one attached hydrogen (secondary N) is 1. The van der Waals surface area contributed by atoms with Gasteiger partial charge in [-0.1, -0.05) is 12.2 Å². The highest BCUT2D eigenvalue weighted by Gasteiger charge is 2.33. The molecule has 1 saturated carbocycles. The fourth-order valence-electron chi connectivity index (χ4n) is 3.66. The third-order valence-corrected chi connectivity index (χ3v) is 6.04. The number of rotatable bonds is 5. The molecule has 8 nitrogen and oxygen atoms in total. The molecule has 0 radical (unpaired) electrons. The molecule has 2 heterocycles. The molecule has 9 heteroatoms. The summed E-state index contributed by atoms with van der Waals surface area (Å²) in [4.78, 5) is 30.3. The Bertz CT molecular complexity index is 775. The van der Waals surface area contributed by atoms with Crippen LogP contribution in [0.3, 0.4) is 0 Å². The van der Waals surface area contributed by atoms with E-state index in [2.05, 4.69) is 10.2 Å². The molecule has 0 aromatic heterocycles. The molecule has 2 amide bonds. The molecule has 0 spiro atoms. The molecule has 1 N–H and O–H groups in total. The number of cyclic esters (lactones) is 1. The second kappa shape index (κ2) is 8.44. The van der Waals surface area contributed by atoms with Crippen LogP contribution in [-0.4, -0.2) is 74.6 Å². The van der Waals surface area contributed by atoms with Crippen LogP contribution in [-0.2, 0) is 9.47 Å². The van der Waals surface area contributed by atoms with Crippen molar-refractivity contribution in [3.05, 3.63) is 24.3 Å². The maximum atomic E-state index is 12.3. The first-order chi connectivity index (χ1) is 14.0. The van der Waals surface area contributed by atoms with Crippen molar-refractivity contribution in [3.8, 4) is 0 Å². The minimum atomic E-state index is -0.325. The second-order valence-corrected chi connectivity index (χ2v) is 8.04. The Morgan fingerprint density at radius 1 is 1.17 bits per heavy atom. The van der Waals surface area contributed by atoms with Crippen molar-refractivity contribution in [3.63, 3.8) is 0 Å². The molecule has 1 atom stereocenters. The zero-order chi connectivity index (χ0) is 20.4. The van der Waals surface area contributed by atoms with Crippen LogP contribution in [0.5, 0.6) is 0 Å². The minimum Gasteiger partial charge on any atom is -0.453 e. The number of amides is 2. The van der Waals surface area contributed by atoms with Crippen LogP contribution < -0.4 is 15.1 Å². The SMILES string of the molecule is COC(=O)N1CCN(c2ccc(N3CC(CNC(=S)C4CC4)OC3=O)cc2)CC1. The smallest absolute Gasteiger partial charge is 0.414 e. The number of benzene rings is 1. The average Bonchev–Trinajstić information content (AvgIpc) is 3.54. The lowest BCUT2D eigenvalue weighted by Crippen LogP contribution is -2.48. The van der Waals surface area contributed by atoms with E-state index in [0.29, 0.717) is 32.1 Å². The Kier molecular flexibility index (Phi) is 5.75. The third kappa shape index (κ3) is 4.55. The lowest BCUT2D eigenvalue weighted by Gasteiger charge is -2.35. The summed E-state index contributed by atoms with van der Waals surface area (Å²) in [6.45, 7) is 3.81. The Morgan fingerprint density at radius 2 is 1.83 bits per heavy atom. The van der Waals surface area contributed by atoms with Gasteiger partial charge in [-0.2, -0.15) is 0 Å². The predicted molar refractivity (Wildman–Crippen MR) is 114 cm³/mol. The molecule has 1 aromatic rings. The Balaban J connectivity index is 1.30. The van der Waals surface area contributed by atoms with E-state index in [-0.39, 0.29) is 18.3 Å². The molecule has 2 aliphatic heterocycles. The van der Waals surface area contributed by atoms with Crippen LogP contribution in [0.2, 0.25) is 0 Å². The van der Waals surface area contributed by atoms with E-state index in [4.69, 9.17) is 21.7 Å². The maximum absolute atomic E-state index is 12.3. The fraction of sp³-hybridized carbons (Fsp3) is 0.550. The molecule has 4 rings (SSSR count). The highest BCUT2D eigenvalue weighted by molar-refractivity contribution is 7.80. The molecule has 3 aliphatic rings. The van der Waals surface area contributed by atoms with Crippen LogP contribution in [0.4, 0.5) is 21.0 Å². The fourth-order valence-corrected chi connectivity index (χ4v) is 3.98. The van der Waals surface area contributed by atoms with Crippen molar-refractivity contribution in [1.82, 2.24) is 10.2 Å². The Morgan fingerprint density at radius 3 is 2.45 bits per heavy atom. The average molecular weight is 419 g/mol. The lowest BCUT2D eigenvalue weighted by atomic mass is 10.2. The maximum Gasteiger partial charge on any atom is 0.414 e. The van der Waals surface area contributed by atoms with Crippen molar-refractivity contribution in [2.24, 2.45) is 5.92 Å². The first kappa shape index (κ1) is 19.8. The van der Waals surface area contributed by atoms with Crippen molar-refractivity contribution in [2.45, 2.75) is 18.9 Å². The largest absolute Gasteiger partial charge is 0.453 e. The van der Waals surface area contributed by atoms with Crippen molar-refractivity contribution >= 4 is 40.8 Å². The van der Waals surface area contributed by atoms with Gasteiger partial charge in [-0.25, -0.2) is 9.59 Å². The van der Waals surface area contributed by atoms with Crippen LogP contribution in [0.1, 0.15) is 12.8 Å². The minimum absolute atomic E-state index is 0.203. The van der Waals surface area contributed by atoms with E-state index in [0.717, 1.165) is 42.3 Å². The molecule has 1 unspecified atom stereocenters. The molecule has 1 aliphatic carbocycles. The number of hydrogen-bond acceptors (Lipinski definition) is 6. The van der Waals surface area contributed by atoms with Gasteiger partial charge in [0.2, 0.25) is 0 Å². The summed E-state index contributed by atoms with van der Waals surface area (Å²) in [5.41, 5.74) is 1.89. The summed E-state index contributed by atoms with van der Waals surface area (Å²) in [5.74, 6) is 0.514. The number of anilines is 2. The van der Waals surface area contributed by atoms with Crippen molar-refractivity contribution < 1.29 is 19.1 Å². The molecule has 2 saturated heterocycles. The molecular formula is C20H26N4O4S. The van der Waals surface area contributed by atoms with Crippen LogP contribution in [0.15, 0.2) is 24.3 Å². The summed E-state index contributed by atoms with van der Waals surface area (Å²) in [7, 11) is 1.40. The summed E-state index contributed by atoms with van der Waals surface area (Å²) >= 11 is 5.33. The van der Waals surface area contributed by atoms with E-state index in [1.165, 1.54) is 7.11 Å². The Hall–Kier alpha value is -2.55. The van der Waals surface area contributed by atoms with Gasteiger partial charge in [0.1, 0.15) is 6.10 Å². The number of piperazine rings is 1. The zero-order valence-electron chi connectivity index (χ0n) is 16.5. The normalized spacial score (nSPS) is 21.8. The number of thiocarbonyl (C=S) groups is 1. The van der Waals surface area contributed by atoms with Gasteiger partial charge in [0.05, 0.1) is 25.2 Å². The lowest BCUT2D eigenvalue weighted by molar-refractivity contribution is 0.121. The summed E-state index contributed by atoms with van der Waals surface area (Å²) in [5, 5.41) is 3.23. The summed E-state index contributed by atoms with van der Waals surface area (Å²) in [6.07, 6.45) is 1.51. The van der Waals surface area contributed by atoms with E-state index in [1.54, 1.807) is 9.80 Å². The molecule has 0 bridgehead atoms. The monoisotopic (exact) mass is 418 g/mol. The van der Waals surface area contributed by atoms with E-state index in [9.17, 15) is 9.59 Å². The number of hydrogen-bond donors (Lipinski definition) is 1. The molecular weight excluding hydrogens is 392 g/mol. The number of methoxy groups -OCH3 is 1. The standard InChI is InChI=1S/C20H26N4O4S/c1-27-19(25)23-10-8-22(9-11-23)15-4-6-16(7-5-15)24-13-17(28-20(24)26)12-21-18(29)14-2-3-14/h4-7,14,17H,2-3,8-13H2,1H3,(H,21,29). The zero-order valence-corrected chi connectivity index (χ0v) is 17.3. The first-order valence-corrected chi connectivity index (χ1v) is 10.4. The number of carbonyl (C=O) groups is 2. The highest BCUT2D eigenvalue weighted by atomic mass is 32.1. The first-order valence-electron chi connectivity index (χ1n) is 9.99. The van der Waals surface area contributed by atoms with Gasteiger partial charge in [0.15, 0.2) is 0 Å². The van der Waals surface area contributed by atoms with Gasteiger partial charge in [0, 0.05) is 43.5 Å². The molecule has 29 heavy (non-hydrogen) atoms. The van der Waals surface area contributed by atoms with Gasteiger partial charge >= 0.3 is 12.2 Å². The van der Waals surface area contributed by atoms with E-state index in [1.807, 2.05) is 24.3 Å².